The second-order valence-corrected chi connectivity index (χ2v) is 13.1. The Bertz CT molecular complexity index is 2490. The van der Waals surface area contributed by atoms with Crippen LogP contribution in [-0.4, -0.2) is 32.5 Å². The Morgan fingerprint density at radius 1 is 0.741 bits per heavy atom. The van der Waals surface area contributed by atoms with Gasteiger partial charge >= 0.3 is 76.5 Å². The van der Waals surface area contributed by atoms with E-state index in [4.69, 9.17) is 39.4 Å². The standard InChI is InChI=1S/C16H12Cl2N4O2.C16H13ClN4O5S.Cr.2Na/c1-9-14(16(24)22(21-9)11-5-3-2-4-6-11)20-19-13-8-10(17)7-12(18)15(13)23;1-9-14(16(23)21(20-9)11-5-3-2-4-6-11)19-18-12-7-10(17)8-13(15(12)22)27(24,25)26;;;/h2-8,23-24H,1H3;2-8,20,22H,1H3,(H,24,25,26);;;/q;;+3;2*+1/p-3. The van der Waals surface area contributed by atoms with Crippen LogP contribution in [0.4, 0.5) is 22.7 Å². The number of benzene rings is 4. The molecule has 0 bridgehead atoms. The molecule has 2 N–H and O–H groups in total. The Morgan fingerprint density at radius 3 is 1.80 bits per heavy atom. The Morgan fingerprint density at radius 2 is 1.24 bits per heavy atom. The monoisotopic (exact) mass is 865 g/mol. The molecule has 6 aromatic rings. The van der Waals surface area contributed by atoms with E-state index in [0.29, 0.717) is 22.8 Å². The number of hydrogen-bond donors (Lipinski definition) is 2. The van der Waals surface area contributed by atoms with Crippen molar-refractivity contribution < 1.29 is 105 Å². The van der Waals surface area contributed by atoms with E-state index in [-0.39, 0.29) is 109 Å². The number of hydrogen-bond acceptors (Lipinski definition) is 11. The number of aryl methyl sites for hydroxylation is 2. The summed E-state index contributed by atoms with van der Waals surface area (Å²) in [5.74, 6) is -2.02. The number of para-hydroxylation sites is 2. The molecule has 0 aliphatic carbocycles. The van der Waals surface area contributed by atoms with Gasteiger partial charge in [-0.05, 0) is 62.4 Å². The summed E-state index contributed by atoms with van der Waals surface area (Å²) in [4.78, 5) is 11.6. The van der Waals surface area contributed by atoms with Crippen molar-refractivity contribution in [3.05, 3.63) is 122 Å². The van der Waals surface area contributed by atoms with Crippen molar-refractivity contribution in [2.75, 3.05) is 0 Å². The van der Waals surface area contributed by atoms with E-state index in [2.05, 4.69) is 30.7 Å². The van der Waals surface area contributed by atoms with Crippen LogP contribution in [0, 0.1) is 13.8 Å². The van der Waals surface area contributed by atoms with E-state index in [1.54, 1.807) is 68.4 Å². The molecule has 0 unspecified atom stereocenters. The van der Waals surface area contributed by atoms with Crippen LogP contribution in [0.1, 0.15) is 11.4 Å². The van der Waals surface area contributed by atoms with Gasteiger partial charge in [-0.2, -0.15) is 23.7 Å². The molecule has 22 heteroatoms. The summed E-state index contributed by atoms with van der Waals surface area (Å²) >= 11 is 17.4. The van der Waals surface area contributed by atoms with Crippen molar-refractivity contribution in [1.82, 2.24) is 19.6 Å². The third-order valence-corrected chi connectivity index (χ3v) is 8.40. The topological polar surface area (TPSA) is 229 Å². The molecule has 6 rings (SSSR count). The van der Waals surface area contributed by atoms with Crippen LogP contribution in [0.2, 0.25) is 15.1 Å². The first-order valence-electron chi connectivity index (χ1n) is 14.3. The first-order chi connectivity index (χ1) is 24.1. The van der Waals surface area contributed by atoms with Gasteiger partial charge in [-0.1, -0.05) is 82.7 Å². The average Bonchev–Trinajstić information content (AvgIpc) is 3.54. The SMILES string of the molecule is Cc1[nH]n(-c2ccccc2)c(=O)c1N=Nc1cc(Cl)cc(S(=O)(=O)O)c1[O-].Cc1nn(-c2ccccc2)c([O-])c1N=Nc1cc(Cl)cc(Cl)c1[O-].[Cr+3].[Na+].[Na+]. The number of nitrogens with zero attached hydrogens (tertiary/aromatic N) is 7. The summed E-state index contributed by atoms with van der Waals surface area (Å²) < 4.78 is 34.1. The predicted molar refractivity (Wildman–Crippen MR) is 184 cm³/mol. The summed E-state index contributed by atoms with van der Waals surface area (Å²) in [6.45, 7) is 3.23. The van der Waals surface area contributed by atoms with Gasteiger partial charge in [0, 0.05) is 20.9 Å². The molecular formula is C32H22Cl3CrN8Na2O7S+2. The molecular weight excluding hydrogens is 845 g/mol. The zero-order valence-corrected chi connectivity index (χ0v) is 36.9. The van der Waals surface area contributed by atoms with Crippen LogP contribution < -0.4 is 80.0 Å². The van der Waals surface area contributed by atoms with E-state index in [9.17, 15) is 28.5 Å². The van der Waals surface area contributed by atoms with E-state index in [1.165, 1.54) is 21.5 Å². The Labute approximate surface area is 377 Å². The van der Waals surface area contributed by atoms with Gasteiger partial charge in [0.2, 0.25) is 0 Å². The Kier molecular flexibility index (Phi) is 17.7. The van der Waals surface area contributed by atoms with Crippen molar-refractivity contribution in [1.29, 1.82) is 0 Å². The first-order valence-corrected chi connectivity index (χ1v) is 16.9. The van der Waals surface area contributed by atoms with Gasteiger partial charge in [0.15, 0.2) is 5.69 Å². The number of aromatic nitrogens is 4. The molecule has 0 aliphatic rings. The molecule has 0 amide bonds. The normalized spacial score (nSPS) is 11.0. The number of aromatic amines is 1. The zero-order chi connectivity index (χ0) is 37.0. The van der Waals surface area contributed by atoms with Crippen LogP contribution in [0.15, 0.2) is 115 Å². The smallest absolute Gasteiger partial charge is 0.870 e. The van der Waals surface area contributed by atoms with Gasteiger partial charge in [-0.3, -0.25) is 14.4 Å². The first kappa shape index (κ1) is 47.2. The summed E-state index contributed by atoms with van der Waals surface area (Å²) in [5, 5.41) is 58.7. The molecule has 0 spiro atoms. The molecule has 0 saturated carbocycles. The van der Waals surface area contributed by atoms with Gasteiger partial charge in [0.1, 0.15) is 5.69 Å². The minimum absolute atomic E-state index is 0. The third-order valence-electron chi connectivity index (χ3n) is 6.83. The van der Waals surface area contributed by atoms with E-state index >= 15 is 0 Å². The van der Waals surface area contributed by atoms with E-state index in [0.717, 1.165) is 12.1 Å². The second kappa shape index (κ2) is 20.3. The van der Waals surface area contributed by atoms with Gasteiger partial charge in [0.05, 0.1) is 39.0 Å². The molecule has 4 aromatic carbocycles. The van der Waals surface area contributed by atoms with Gasteiger partial charge in [-0.25, -0.2) is 9.36 Å². The molecule has 1 radical (unpaired) electrons. The summed E-state index contributed by atoms with van der Waals surface area (Å²) in [5.41, 5.74) is 0.980. The molecule has 0 saturated heterocycles. The largest absolute Gasteiger partial charge is 3.00 e. The number of H-pyrrole nitrogens is 1. The Balaban J connectivity index is 0.000000356. The molecule has 54 heavy (non-hydrogen) atoms. The van der Waals surface area contributed by atoms with Crippen molar-refractivity contribution in [2.24, 2.45) is 20.5 Å². The zero-order valence-electron chi connectivity index (χ0n) is 28.6. The molecule has 15 nitrogen and oxygen atoms in total. The average molecular weight is 867 g/mol. The Hall–Kier alpha value is -2.99. The third kappa shape index (κ3) is 11.1. The summed E-state index contributed by atoms with van der Waals surface area (Å²) in [7, 11) is -4.78. The maximum Gasteiger partial charge on any atom is 3.00 e. The summed E-state index contributed by atoms with van der Waals surface area (Å²) in [6.07, 6.45) is 0. The van der Waals surface area contributed by atoms with Crippen LogP contribution in [0.5, 0.6) is 17.4 Å². The van der Waals surface area contributed by atoms with Crippen molar-refractivity contribution in [2.45, 2.75) is 18.7 Å². The van der Waals surface area contributed by atoms with Crippen molar-refractivity contribution in [3.63, 3.8) is 0 Å². The van der Waals surface area contributed by atoms with Gasteiger partial charge in [0.25, 0.3) is 15.7 Å². The molecule has 0 fully saturated rings. The van der Waals surface area contributed by atoms with E-state index in [1.807, 2.05) is 6.07 Å². The maximum atomic E-state index is 12.5. The van der Waals surface area contributed by atoms with Crippen molar-refractivity contribution >= 4 is 67.7 Å². The van der Waals surface area contributed by atoms with Crippen LogP contribution >= 0.6 is 34.8 Å². The molecule has 2 aromatic heterocycles. The minimum atomic E-state index is -4.78. The fourth-order valence-corrected chi connectivity index (χ4v) is 5.80. The van der Waals surface area contributed by atoms with Crippen LogP contribution in [0.25, 0.3) is 11.4 Å². The number of azo groups is 2. The number of nitrogens with one attached hydrogen (secondary N) is 1. The molecule has 265 valence electrons. The maximum absolute atomic E-state index is 12.5. The van der Waals surface area contributed by atoms with E-state index < -0.39 is 43.6 Å². The fourth-order valence-electron chi connectivity index (χ4n) is 4.42. The minimum Gasteiger partial charge on any atom is -0.870 e. The van der Waals surface area contributed by atoms with Crippen molar-refractivity contribution in [3.8, 4) is 28.8 Å². The number of rotatable bonds is 7. The van der Waals surface area contributed by atoms with Gasteiger partial charge < -0.3 is 15.3 Å². The van der Waals surface area contributed by atoms with Crippen LogP contribution in [0.3, 0.4) is 0 Å². The number of halogens is 3. The molecule has 0 atom stereocenters. The molecule has 0 aliphatic heterocycles. The predicted octanol–water partition coefficient (Wildman–Crippen LogP) is 0.919. The molecule has 2 heterocycles. The fraction of sp³-hybridized carbons (Fsp3) is 0.0625. The van der Waals surface area contributed by atoms with Crippen LogP contribution in [-0.2, 0) is 27.5 Å². The second-order valence-electron chi connectivity index (χ2n) is 10.4. The summed E-state index contributed by atoms with van der Waals surface area (Å²) in [6, 6.07) is 22.2. The quantitative estimate of drug-likeness (QED) is 0.133. The van der Waals surface area contributed by atoms with Gasteiger partial charge in [-0.15, -0.1) is 10.2 Å².